The van der Waals surface area contributed by atoms with E-state index in [1.165, 1.54) is 68.1 Å². The van der Waals surface area contributed by atoms with Crippen molar-refractivity contribution in [3.05, 3.63) is 125 Å². The Labute approximate surface area is 323 Å². The van der Waals surface area contributed by atoms with Crippen LogP contribution in [0.3, 0.4) is 0 Å². The Morgan fingerprint density at radius 3 is 1.24 bits per heavy atom. The predicted octanol–water partition coefficient (Wildman–Crippen LogP) is 11.2. The van der Waals surface area contributed by atoms with Crippen LogP contribution in [0.1, 0.15) is 57.3 Å². The van der Waals surface area contributed by atoms with Crippen LogP contribution in [0.4, 0.5) is 11.4 Å². The molecule has 5 nitrogen and oxygen atoms in total. The van der Waals surface area contributed by atoms with Crippen LogP contribution in [0, 0.1) is 41.5 Å². The minimum Gasteiger partial charge on any atom is -0.872 e. The molecule has 0 amide bonds. The van der Waals surface area contributed by atoms with Gasteiger partial charge in [-0.05, 0) is 82.0 Å². The molecule has 5 aromatic rings. The first-order chi connectivity index (χ1) is 23.3. The number of ether oxygens (including phenoxy) is 1. The van der Waals surface area contributed by atoms with Gasteiger partial charge in [-0.2, -0.15) is 0 Å². The molecular weight excluding hydrogens is 757 g/mol. The summed E-state index contributed by atoms with van der Waals surface area (Å²) in [5.74, 6) is -1.87. The first-order valence-corrected chi connectivity index (χ1v) is 17.4. The minimum atomic E-state index is -0.934. The normalized spacial score (nSPS) is 14.7. The fraction of sp³-hybridized carbons (Fsp3) is 0.250. The number of aryl methyl sites for hydroxylation is 6. The summed E-state index contributed by atoms with van der Waals surface area (Å²) in [5, 5.41) is 23.1. The van der Waals surface area contributed by atoms with E-state index in [0.29, 0.717) is 0 Å². The monoisotopic (exact) mass is 790 g/mol. The molecule has 1 fully saturated rings. The largest absolute Gasteiger partial charge is 2.00 e. The Morgan fingerprint density at radius 2 is 0.920 bits per heavy atom. The average Bonchev–Trinajstić information content (AvgIpc) is 3.74. The molecule has 50 heavy (non-hydrogen) atoms. The van der Waals surface area contributed by atoms with Crippen molar-refractivity contribution < 1.29 is 31.4 Å². The summed E-state index contributed by atoms with van der Waals surface area (Å²) in [6, 6.07) is 21.8. The van der Waals surface area contributed by atoms with Crippen LogP contribution < -0.4 is 10.2 Å². The van der Waals surface area contributed by atoms with Crippen molar-refractivity contribution in [1.29, 1.82) is 0 Å². The second kappa shape index (κ2) is 17.0. The van der Waals surface area contributed by atoms with E-state index >= 15 is 0 Å². The number of aliphatic imine (C=N–C) groups is 2. The Kier molecular flexibility index (Phi) is 13.5. The van der Waals surface area contributed by atoms with E-state index in [2.05, 4.69) is 102 Å². The van der Waals surface area contributed by atoms with Crippen molar-refractivity contribution in [3.8, 4) is 11.5 Å². The second-order valence-electron chi connectivity index (χ2n) is 12.4. The fourth-order valence-corrected chi connectivity index (χ4v) is 7.06. The summed E-state index contributed by atoms with van der Waals surface area (Å²) in [6.45, 7) is 14.9. The Morgan fingerprint density at radius 1 is 0.560 bits per heavy atom. The summed E-state index contributed by atoms with van der Waals surface area (Å²) < 4.78 is 4.94. The summed E-state index contributed by atoms with van der Waals surface area (Å²) in [6.07, 6.45) is 2.56. The van der Waals surface area contributed by atoms with Crippen LogP contribution >= 0.6 is 46.4 Å². The van der Waals surface area contributed by atoms with Gasteiger partial charge in [0, 0.05) is 29.7 Å². The molecule has 1 aliphatic carbocycles. The van der Waals surface area contributed by atoms with Crippen LogP contribution in [0.25, 0.3) is 10.8 Å². The maximum atomic E-state index is 10.9. The molecule has 7 rings (SSSR count). The molecule has 0 N–H and O–H groups in total. The third-order valence-corrected chi connectivity index (χ3v) is 10.1. The van der Waals surface area contributed by atoms with Gasteiger partial charge in [0.1, 0.15) is 0 Å². The van der Waals surface area contributed by atoms with Gasteiger partial charge in [-0.25, -0.2) is 9.98 Å². The van der Waals surface area contributed by atoms with E-state index in [1.807, 2.05) is 0 Å². The second-order valence-corrected chi connectivity index (χ2v) is 13.9. The van der Waals surface area contributed by atoms with Gasteiger partial charge in [-0.3, -0.25) is 0 Å². The zero-order valence-electron chi connectivity index (χ0n) is 28.5. The molecule has 0 radical (unpaired) electrons. The molecule has 0 saturated carbocycles. The number of nitrogens with zero attached hydrogens (tertiary/aromatic N) is 2. The van der Waals surface area contributed by atoms with Crippen LogP contribution in [-0.4, -0.2) is 24.6 Å². The van der Waals surface area contributed by atoms with Gasteiger partial charge < -0.3 is 14.9 Å². The zero-order chi connectivity index (χ0) is 35.6. The van der Waals surface area contributed by atoms with Crippen molar-refractivity contribution in [2.24, 2.45) is 9.98 Å². The number of rotatable bonds is 2. The number of hydrogen-bond donors (Lipinski definition) is 0. The third-order valence-electron chi connectivity index (χ3n) is 8.37. The average molecular weight is 793 g/mol. The van der Waals surface area contributed by atoms with Crippen molar-refractivity contribution in [2.75, 3.05) is 13.2 Å². The zero-order valence-corrected chi connectivity index (χ0v) is 32.6. The molecule has 0 aromatic heterocycles. The quantitative estimate of drug-likeness (QED) is 0.101. The molecular formula is C40H36Cl4N2NiO3. The Bertz CT molecular complexity index is 1880. The molecule has 1 heterocycles. The van der Waals surface area contributed by atoms with Crippen molar-refractivity contribution in [3.63, 3.8) is 0 Å². The SMILES string of the molecule is C1CCOC1.Cc1cc(C)c(N=C2C(=Nc3c(C)cc(C)cc3C)c3cccc4cccc2c34)c(C)c1.[Ni+2].[O-]c1c([O-])c(Cl)c(Cl)c(Cl)c1Cl. The maximum Gasteiger partial charge on any atom is 2.00 e. The molecule has 2 aliphatic rings. The third kappa shape index (κ3) is 8.34. The van der Waals surface area contributed by atoms with E-state index in [4.69, 9.17) is 61.1 Å². The maximum absolute atomic E-state index is 10.9. The molecule has 0 spiro atoms. The molecule has 0 atom stereocenters. The van der Waals surface area contributed by atoms with Crippen LogP contribution in [0.15, 0.2) is 70.6 Å². The molecule has 1 aliphatic heterocycles. The van der Waals surface area contributed by atoms with Gasteiger partial charge in [0.05, 0.1) is 42.9 Å². The number of halogens is 4. The summed E-state index contributed by atoms with van der Waals surface area (Å²) >= 11 is 21.7. The van der Waals surface area contributed by atoms with Crippen molar-refractivity contribution in [1.82, 2.24) is 0 Å². The molecule has 262 valence electrons. The Hall–Kier alpha value is -3.09. The standard InChI is InChI=1S/C30H28N2.C6H2Cl4O2.C4H8O.Ni/c1-17-13-19(3)27(20(4)14-17)31-29-24-11-7-9-23-10-8-12-25(26(23)24)30(29)32-28-21(5)15-18(2)16-22(28)6;7-1-2(8)4(10)6(12)5(11)3(1)9;1-2-4-5-3-1;/h7-16H,1-6H3;11-12H;1-4H2;/q;;;+2/p-2. The van der Waals surface area contributed by atoms with E-state index in [1.54, 1.807) is 0 Å². The smallest absolute Gasteiger partial charge is 0.872 e. The molecule has 5 aromatic carbocycles. The molecule has 0 bridgehead atoms. The molecule has 10 heteroatoms. The van der Waals surface area contributed by atoms with Gasteiger partial charge in [-0.1, -0.05) is 130 Å². The predicted molar refractivity (Wildman–Crippen MR) is 203 cm³/mol. The summed E-state index contributed by atoms with van der Waals surface area (Å²) in [5.41, 5.74) is 13.7. The topological polar surface area (TPSA) is 80.1 Å². The van der Waals surface area contributed by atoms with Crippen LogP contribution in [-0.2, 0) is 21.2 Å². The summed E-state index contributed by atoms with van der Waals surface area (Å²) in [7, 11) is 0. The van der Waals surface area contributed by atoms with E-state index in [9.17, 15) is 10.2 Å². The molecule has 0 unspecified atom stereocenters. The Balaban J connectivity index is 0.000000257. The molecule has 1 saturated heterocycles. The first-order valence-electron chi connectivity index (χ1n) is 15.9. The van der Waals surface area contributed by atoms with Crippen molar-refractivity contribution in [2.45, 2.75) is 54.4 Å². The first kappa shape index (κ1) is 39.7. The van der Waals surface area contributed by atoms with Gasteiger partial charge in [-0.15, -0.1) is 0 Å². The van der Waals surface area contributed by atoms with Crippen LogP contribution in [0.2, 0.25) is 20.1 Å². The van der Waals surface area contributed by atoms with E-state index < -0.39 is 21.5 Å². The number of hydrogen-bond acceptors (Lipinski definition) is 5. The van der Waals surface area contributed by atoms with E-state index in [0.717, 1.165) is 36.0 Å². The summed E-state index contributed by atoms with van der Waals surface area (Å²) in [4.78, 5) is 10.6. The van der Waals surface area contributed by atoms with E-state index in [-0.39, 0.29) is 26.5 Å². The van der Waals surface area contributed by atoms with Gasteiger partial charge >= 0.3 is 16.5 Å². The minimum absolute atomic E-state index is 0. The van der Waals surface area contributed by atoms with Crippen molar-refractivity contribution >= 4 is 80.0 Å². The van der Waals surface area contributed by atoms with Crippen LogP contribution in [0.5, 0.6) is 11.5 Å². The fourth-order valence-electron chi connectivity index (χ4n) is 6.24. The number of benzene rings is 5. The van der Waals surface area contributed by atoms with Gasteiger partial charge in [0.2, 0.25) is 0 Å². The van der Waals surface area contributed by atoms with Gasteiger partial charge in [0.25, 0.3) is 0 Å². The van der Waals surface area contributed by atoms with Gasteiger partial charge in [0.15, 0.2) is 0 Å².